The molecular formula is C19H14FNO4. The first-order valence-electron chi connectivity index (χ1n) is 7.49. The van der Waals surface area contributed by atoms with Gasteiger partial charge in [0.25, 0.3) is 5.91 Å². The maximum absolute atomic E-state index is 13.6. The Hall–Kier alpha value is -3.41. The van der Waals surface area contributed by atoms with Crippen LogP contribution in [-0.4, -0.2) is 11.9 Å². The van der Waals surface area contributed by atoms with Crippen LogP contribution in [0.3, 0.4) is 0 Å². The van der Waals surface area contributed by atoms with Crippen molar-refractivity contribution in [1.82, 2.24) is 0 Å². The first-order valence-corrected chi connectivity index (χ1v) is 7.49. The maximum Gasteiger partial charge on any atom is 0.340 e. The van der Waals surface area contributed by atoms with Gasteiger partial charge in [-0.2, -0.15) is 0 Å². The molecule has 0 aliphatic heterocycles. The minimum absolute atomic E-state index is 0.120. The van der Waals surface area contributed by atoms with Gasteiger partial charge in [-0.15, -0.1) is 0 Å². The van der Waals surface area contributed by atoms with Crippen molar-refractivity contribution >= 4 is 17.6 Å². The second-order valence-corrected chi connectivity index (χ2v) is 5.14. The summed E-state index contributed by atoms with van der Waals surface area (Å²) < 4.78 is 23.8. The van der Waals surface area contributed by atoms with Crippen LogP contribution in [0.15, 0.2) is 71.3 Å². The SMILES string of the molecule is O=C(Nc1ccccc1C(=O)OCc1ccccc1F)c1ccco1. The highest BCUT2D eigenvalue weighted by atomic mass is 19.1. The van der Waals surface area contributed by atoms with Crippen molar-refractivity contribution < 1.29 is 23.1 Å². The number of esters is 1. The summed E-state index contributed by atoms with van der Waals surface area (Å²) in [5.41, 5.74) is 0.717. The lowest BCUT2D eigenvalue weighted by Gasteiger charge is -2.10. The van der Waals surface area contributed by atoms with E-state index >= 15 is 0 Å². The number of furan rings is 1. The summed E-state index contributed by atoms with van der Waals surface area (Å²) in [5.74, 6) is -1.48. The van der Waals surface area contributed by atoms with Crippen LogP contribution < -0.4 is 5.32 Å². The molecule has 1 aromatic heterocycles. The van der Waals surface area contributed by atoms with E-state index in [0.29, 0.717) is 0 Å². The van der Waals surface area contributed by atoms with Crippen molar-refractivity contribution in [3.8, 4) is 0 Å². The van der Waals surface area contributed by atoms with Gasteiger partial charge < -0.3 is 14.5 Å². The Labute approximate surface area is 143 Å². The van der Waals surface area contributed by atoms with Crippen LogP contribution in [0.2, 0.25) is 0 Å². The van der Waals surface area contributed by atoms with Crippen molar-refractivity contribution in [2.45, 2.75) is 6.61 Å². The summed E-state index contributed by atoms with van der Waals surface area (Å²) in [7, 11) is 0. The predicted octanol–water partition coefficient (Wildman–Crippen LogP) is 4.03. The number of benzene rings is 2. The molecule has 0 atom stereocenters. The number of halogens is 1. The van der Waals surface area contributed by atoms with Gasteiger partial charge in [-0.25, -0.2) is 9.18 Å². The molecule has 0 fully saturated rings. The molecule has 1 heterocycles. The molecule has 126 valence electrons. The van der Waals surface area contributed by atoms with Crippen molar-refractivity contribution in [3.05, 3.63) is 89.6 Å². The summed E-state index contributed by atoms with van der Waals surface area (Å²) in [6.07, 6.45) is 1.38. The summed E-state index contributed by atoms with van der Waals surface area (Å²) in [6.45, 7) is -0.202. The Kier molecular flexibility index (Phi) is 4.89. The number of rotatable bonds is 5. The summed E-state index contributed by atoms with van der Waals surface area (Å²) in [4.78, 5) is 24.4. The van der Waals surface area contributed by atoms with Gasteiger partial charge in [0, 0.05) is 5.56 Å². The van der Waals surface area contributed by atoms with Gasteiger partial charge in [-0.1, -0.05) is 30.3 Å². The Balaban J connectivity index is 1.72. The number of hydrogen-bond donors (Lipinski definition) is 1. The lowest BCUT2D eigenvalue weighted by atomic mass is 10.1. The largest absolute Gasteiger partial charge is 0.459 e. The fourth-order valence-electron chi connectivity index (χ4n) is 2.20. The quantitative estimate of drug-likeness (QED) is 0.713. The number of carbonyl (C=O) groups is 2. The van der Waals surface area contributed by atoms with Gasteiger partial charge in [0.1, 0.15) is 12.4 Å². The fraction of sp³-hybridized carbons (Fsp3) is 0.0526. The van der Waals surface area contributed by atoms with Gasteiger partial charge in [-0.05, 0) is 30.3 Å². The number of carbonyl (C=O) groups excluding carboxylic acids is 2. The number of amides is 1. The molecule has 2 aromatic carbocycles. The second kappa shape index (κ2) is 7.44. The summed E-state index contributed by atoms with van der Waals surface area (Å²) in [6, 6.07) is 15.5. The van der Waals surface area contributed by atoms with Crippen LogP contribution in [0.1, 0.15) is 26.5 Å². The van der Waals surface area contributed by atoms with E-state index in [4.69, 9.17) is 9.15 Å². The van der Waals surface area contributed by atoms with E-state index in [1.807, 2.05) is 0 Å². The van der Waals surface area contributed by atoms with Crippen molar-refractivity contribution in [2.24, 2.45) is 0 Å². The Morgan fingerprint density at radius 1 is 1.00 bits per heavy atom. The predicted molar refractivity (Wildman–Crippen MR) is 88.6 cm³/mol. The first kappa shape index (κ1) is 16.4. The number of ether oxygens (including phenoxy) is 1. The molecule has 1 N–H and O–H groups in total. The minimum atomic E-state index is -0.668. The van der Waals surface area contributed by atoms with Gasteiger partial charge >= 0.3 is 5.97 Å². The van der Waals surface area contributed by atoms with Gasteiger partial charge in [0.15, 0.2) is 5.76 Å². The van der Waals surface area contributed by atoms with E-state index in [9.17, 15) is 14.0 Å². The number of nitrogens with one attached hydrogen (secondary N) is 1. The molecule has 6 heteroatoms. The van der Waals surface area contributed by atoms with Crippen LogP contribution >= 0.6 is 0 Å². The molecule has 3 aromatic rings. The maximum atomic E-state index is 13.6. The molecule has 0 unspecified atom stereocenters. The highest BCUT2D eigenvalue weighted by Gasteiger charge is 2.17. The zero-order chi connectivity index (χ0) is 17.6. The van der Waals surface area contributed by atoms with Crippen molar-refractivity contribution in [2.75, 3.05) is 5.32 Å². The van der Waals surface area contributed by atoms with Crippen molar-refractivity contribution in [1.29, 1.82) is 0 Å². The Morgan fingerprint density at radius 2 is 1.76 bits per heavy atom. The number of para-hydroxylation sites is 1. The third-order valence-corrected chi connectivity index (χ3v) is 3.46. The van der Waals surface area contributed by atoms with Crippen LogP contribution in [0.4, 0.5) is 10.1 Å². The summed E-state index contributed by atoms with van der Waals surface area (Å²) >= 11 is 0. The zero-order valence-corrected chi connectivity index (χ0v) is 13.1. The molecule has 3 rings (SSSR count). The third-order valence-electron chi connectivity index (χ3n) is 3.46. The van der Waals surface area contributed by atoms with Crippen LogP contribution in [0.5, 0.6) is 0 Å². The molecule has 5 nitrogen and oxygen atoms in total. The van der Waals surface area contributed by atoms with Crippen LogP contribution in [0, 0.1) is 5.82 Å². The Bertz CT molecular complexity index is 890. The summed E-state index contributed by atoms with van der Waals surface area (Å²) in [5, 5.41) is 2.60. The number of hydrogen-bond acceptors (Lipinski definition) is 4. The topological polar surface area (TPSA) is 68.5 Å². The van der Waals surface area contributed by atoms with E-state index in [0.717, 1.165) is 0 Å². The lowest BCUT2D eigenvalue weighted by molar-refractivity contribution is 0.0470. The van der Waals surface area contributed by atoms with Crippen molar-refractivity contribution in [3.63, 3.8) is 0 Å². The van der Waals surface area contributed by atoms with Crippen LogP contribution in [-0.2, 0) is 11.3 Å². The molecule has 0 aliphatic rings. The van der Waals surface area contributed by atoms with E-state index in [1.54, 1.807) is 36.4 Å². The smallest absolute Gasteiger partial charge is 0.340 e. The zero-order valence-electron chi connectivity index (χ0n) is 13.1. The lowest BCUT2D eigenvalue weighted by Crippen LogP contribution is -2.15. The Morgan fingerprint density at radius 3 is 2.52 bits per heavy atom. The molecule has 0 saturated heterocycles. The monoisotopic (exact) mass is 339 g/mol. The van der Waals surface area contributed by atoms with Gasteiger partial charge in [-0.3, -0.25) is 4.79 Å². The average molecular weight is 339 g/mol. The molecule has 0 saturated carbocycles. The highest BCUT2D eigenvalue weighted by Crippen LogP contribution is 2.19. The van der Waals surface area contributed by atoms with E-state index in [2.05, 4.69) is 5.32 Å². The third kappa shape index (κ3) is 3.92. The standard InChI is InChI=1S/C19H14FNO4/c20-15-8-3-1-6-13(15)12-25-19(23)14-7-2-4-9-16(14)21-18(22)17-10-5-11-24-17/h1-11H,12H2,(H,21,22). The normalized spacial score (nSPS) is 10.3. The van der Waals surface area contributed by atoms with E-state index in [1.165, 1.54) is 30.5 Å². The minimum Gasteiger partial charge on any atom is -0.459 e. The molecule has 0 bridgehead atoms. The molecule has 0 aliphatic carbocycles. The van der Waals surface area contributed by atoms with Crippen LogP contribution in [0.25, 0.3) is 0 Å². The fourth-order valence-corrected chi connectivity index (χ4v) is 2.20. The molecular weight excluding hydrogens is 325 g/mol. The highest BCUT2D eigenvalue weighted by molar-refractivity contribution is 6.06. The molecule has 0 spiro atoms. The average Bonchev–Trinajstić information content (AvgIpc) is 3.16. The van der Waals surface area contributed by atoms with Gasteiger partial charge in [0.05, 0.1) is 17.5 Å². The molecule has 1 amide bonds. The first-order chi connectivity index (χ1) is 12.1. The molecule has 25 heavy (non-hydrogen) atoms. The second-order valence-electron chi connectivity index (χ2n) is 5.14. The van der Waals surface area contributed by atoms with E-state index in [-0.39, 0.29) is 29.2 Å². The molecule has 0 radical (unpaired) electrons. The van der Waals surface area contributed by atoms with E-state index < -0.39 is 17.7 Å². The van der Waals surface area contributed by atoms with Gasteiger partial charge in [0.2, 0.25) is 0 Å². The number of anilines is 1.